The second-order valence-electron chi connectivity index (χ2n) is 8.67. The van der Waals surface area contributed by atoms with Crippen LogP contribution in [0.5, 0.6) is 0 Å². The fraction of sp³-hybridized carbons (Fsp3) is 0.409. The maximum Gasteiger partial charge on any atom is 0.419 e. The molecule has 2 N–H and O–H groups in total. The van der Waals surface area contributed by atoms with Gasteiger partial charge in [0.1, 0.15) is 5.60 Å². The highest BCUT2D eigenvalue weighted by molar-refractivity contribution is 7.99. The molecule has 2 aliphatic heterocycles. The fourth-order valence-corrected chi connectivity index (χ4v) is 4.96. The summed E-state index contributed by atoms with van der Waals surface area (Å²) in [4.78, 5) is 17.6. The minimum absolute atomic E-state index is 0.127. The average molecular weight is 452 g/mol. The molecule has 0 aliphatic carbocycles. The Morgan fingerprint density at radius 1 is 1.06 bits per heavy atom. The van der Waals surface area contributed by atoms with Gasteiger partial charge in [-0.3, -0.25) is 0 Å². The van der Waals surface area contributed by atoms with Crippen molar-refractivity contribution >= 4 is 40.6 Å². The van der Waals surface area contributed by atoms with Gasteiger partial charge in [0.15, 0.2) is 0 Å². The van der Waals surface area contributed by atoms with Gasteiger partial charge in [0.05, 0.1) is 22.6 Å². The summed E-state index contributed by atoms with van der Waals surface area (Å²) in [6, 6.07) is 7.55. The zero-order valence-corrected chi connectivity index (χ0v) is 18.4. The maximum atomic E-state index is 13.4. The molecule has 2 aromatic carbocycles. The molecular weight excluding hydrogens is 427 g/mol. The van der Waals surface area contributed by atoms with Crippen LogP contribution in [0.1, 0.15) is 39.2 Å². The maximum absolute atomic E-state index is 13.4. The Bertz CT molecular complexity index is 1030. The van der Waals surface area contributed by atoms with Gasteiger partial charge in [-0.2, -0.15) is 13.2 Å². The first kappa shape index (κ1) is 21.7. The second-order valence-corrected chi connectivity index (χ2v) is 9.76. The summed E-state index contributed by atoms with van der Waals surface area (Å²) in [6.45, 7) is 7.07. The zero-order valence-electron chi connectivity index (χ0n) is 17.5. The third-order valence-electron chi connectivity index (χ3n) is 5.11. The monoisotopic (exact) mass is 451 g/mol. The smallest absolute Gasteiger partial charge is 0.419 e. The normalized spacial score (nSPS) is 16.2. The molecule has 9 heteroatoms. The molecule has 2 aromatic rings. The standard InChI is InChI=1S/C22H24F3N3O2S/c1-21(2,3)30-20(29)28-16-7-6-14(27-8-4-5-9-27)12-17(16)31-18-11-13(22(23,24)25)10-15(26)19(18)28/h6-7,10-12H,4-5,8-9,26H2,1-3H3. The van der Waals surface area contributed by atoms with Gasteiger partial charge in [-0.05, 0) is 63.9 Å². The Balaban J connectivity index is 1.85. The number of ether oxygens (including phenoxy) is 1. The number of fused-ring (bicyclic) bond motifs is 2. The summed E-state index contributed by atoms with van der Waals surface area (Å²) in [5, 5.41) is 0. The van der Waals surface area contributed by atoms with E-state index in [4.69, 9.17) is 10.5 Å². The summed E-state index contributed by atoms with van der Waals surface area (Å²) in [5.74, 6) is 0. The quantitative estimate of drug-likeness (QED) is 0.507. The van der Waals surface area contributed by atoms with Gasteiger partial charge in [0.2, 0.25) is 0 Å². The number of nitrogen functional groups attached to an aromatic ring is 1. The van der Waals surface area contributed by atoms with Crippen LogP contribution in [0.2, 0.25) is 0 Å². The van der Waals surface area contributed by atoms with Crippen molar-refractivity contribution < 1.29 is 22.7 Å². The van der Waals surface area contributed by atoms with Crippen LogP contribution in [-0.4, -0.2) is 24.8 Å². The van der Waals surface area contributed by atoms with Crippen molar-refractivity contribution in [3.05, 3.63) is 35.9 Å². The minimum atomic E-state index is -4.54. The molecule has 0 bridgehead atoms. The molecule has 2 aliphatic rings. The van der Waals surface area contributed by atoms with E-state index in [1.807, 2.05) is 12.1 Å². The molecule has 1 fully saturated rings. The highest BCUT2D eigenvalue weighted by atomic mass is 32.2. The predicted molar refractivity (Wildman–Crippen MR) is 116 cm³/mol. The van der Waals surface area contributed by atoms with Crippen molar-refractivity contribution in [3.8, 4) is 0 Å². The Labute approximate surface area is 183 Å². The molecule has 166 valence electrons. The lowest BCUT2D eigenvalue weighted by Crippen LogP contribution is -2.35. The Morgan fingerprint density at radius 2 is 1.74 bits per heavy atom. The van der Waals surface area contributed by atoms with Gasteiger partial charge in [-0.1, -0.05) is 11.8 Å². The average Bonchev–Trinajstić information content (AvgIpc) is 3.18. The molecule has 0 saturated carbocycles. The lowest BCUT2D eigenvalue weighted by atomic mass is 10.1. The number of carbonyl (C=O) groups is 1. The predicted octanol–water partition coefficient (Wildman–Crippen LogP) is 6.43. The molecule has 4 rings (SSSR count). The number of benzene rings is 2. The largest absolute Gasteiger partial charge is 0.443 e. The van der Waals surface area contributed by atoms with Crippen molar-refractivity contribution in [2.45, 2.75) is 55.2 Å². The topological polar surface area (TPSA) is 58.8 Å². The number of hydrogen-bond acceptors (Lipinski definition) is 5. The number of nitrogens with two attached hydrogens (primary N) is 1. The molecule has 5 nitrogen and oxygen atoms in total. The first-order chi connectivity index (χ1) is 14.4. The summed E-state index contributed by atoms with van der Waals surface area (Å²) >= 11 is 1.18. The van der Waals surface area contributed by atoms with Crippen molar-refractivity contribution in [3.63, 3.8) is 0 Å². The lowest BCUT2D eigenvalue weighted by Gasteiger charge is -2.34. The molecule has 1 saturated heterocycles. The molecule has 0 unspecified atom stereocenters. The highest BCUT2D eigenvalue weighted by Crippen LogP contribution is 2.53. The van der Waals surface area contributed by atoms with Crippen LogP contribution in [0, 0.1) is 0 Å². The van der Waals surface area contributed by atoms with E-state index < -0.39 is 23.4 Å². The van der Waals surface area contributed by atoms with Crippen LogP contribution >= 0.6 is 11.8 Å². The van der Waals surface area contributed by atoms with Crippen LogP contribution in [0.4, 0.5) is 40.7 Å². The molecule has 31 heavy (non-hydrogen) atoms. The van der Waals surface area contributed by atoms with E-state index in [9.17, 15) is 18.0 Å². The Hall–Kier alpha value is -2.55. The van der Waals surface area contributed by atoms with Crippen LogP contribution in [-0.2, 0) is 10.9 Å². The van der Waals surface area contributed by atoms with Gasteiger partial charge in [0.25, 0.3) is 0 Å². The van der Waals surface area contributed by atoms with E-state index in [2.05, 4.69) is 4.90 Å². The number of carbonyl (C=O) groups excluding carboxylic acids is 1. The lowest BCUT2D eigenvalue weighted by molar-refractivity contribution is -0.137. The number of amides is 1. The van der Waals surface area contributed by atoms with Crippen molar-refractivity contribution in [1.82, 2.24) is 0 Å². The number of nitrogens with zero attached hydrogens (tertiary/aromatic N) is 2. The zero-order chi connectivity index (χ0) is 22.6. The molecular formula is C22H24F3N3O2S. The molecule has 0 atom stereocenters. The van der Waals surface area contributed by atoms with E-state index in [0.717, 1.165) is 43.8 Å². The summed E-state index contributed by atoms with van der Waals surface area (Å²) in [7, 11) is 0. The van der Waals surface area contributed by atoms with Gasteiger partial charge in [0, 0.05) is 28.6 Å². The Morgan fingerprint density at radius 3 is 2.35 bits per heavy atom. The summed E-state index contributed by atoms with van der Waals surface area (Å²) in [5.41, 5.74) is 6.03. The SMILES string of the molecule is CC(C)(C)OC(=O)N1c2ccc(N3CCCC3)cc2Sc2cc(C(F)(F)F)cc(N)c21. The van der Waals surface area contributed by atoms with E-state index in [1.54, 1.807) is 26.8 Å². The number of anilines is 4. The van der Waals surface area contributed by atoms with E-state index in [0.29, 0.717) is 10.6 Å². The van der Waals surface area contributed by atoms with Crippen LogP contribution < -0.4 is 15.5 Å². The van der Waals surface area contributed by atoms with Crippen LogP contribution in [0.3, 0.4) is 0 Å². The van der Waals surface area contributed by atoms with Crippen molar-refractivity contribution in [2.75, 3.05) is 28.6 Å². The van der Waals surface area contributed by atoms with E-state index in [1.165, 1.54) is 16.7 Å². The first-order valence-corrected chi connectivity index (χ1v) is 10.9. The number of hydrogen-bond donors (Lipinski definition) is 1. The minimum Gasteiger partial charge on any atom is -0.443 e. The fourth-order valence-electron chi connectivity index (χ4n) is 3.79. The van der Waals surface area contributed by atoms with Gasteiger partial charge >= 0.3 is 12.3 Å². The number of alkyl halides is 3. The van der Waals surface area contributed by atoms with E-state index >= 15 is 0 Å². The summed E-state index contributed by atoms with van der Waals surface area (Å²) in [6.07, 6.45) is -3.03. The van der Waals surface area contributed by atoms with Crippen molar-refractivity contribution in [1.29, 1.82) is 0 Å². The van der Waals surface area contributed by atoms with Gasteiger partial charge in [-0.15, -0.1) is 0 Å². The molecule has 0 aromatic heterocycles. The van der Waals surface area contributed by atoms with Crippen molar-refractivity contribution in [2.24, 2.45) is 0 Å². The number of halogens is 3. The Kier molecular flexibility index (Phi) is 5.28. The molecule has 0 spiro atoms. The second kappa shape index (κ2) is 7.55. The molecule has 0 radical (unpaired) electrons. The highest BCUT2D eigenvalue weighted by Gasteiger charge is 2.38. The third kappa shape index (κ3) is 4.28. The molecule has 1 amide bonds. The first-order valence-electron chi connectivity index (χ1n) is 10.0. The van der Waals surface area contributed by atoms with Gasteiger partial charge < -0.3 is 15.4 Å². The number of rotatable bonds is 1. The summed E-state index contributed by atoms with van der Waals surface area (Å²) < 4.78 is 45.8. The third-order valence-corrected chi connectivity index (χ3v) is 6.18. The van der Waals surface area contributed by atoms with E-state index in [-0.39, 0.29) is 16.3 Å². The molecule has 2 heterocycles. The van der Waals surface area contributed by atoms with Crippen LogP contribution in [0.25, 0.3) is 0 Å². The van der Waals surface area contributed by atoms with Gasteiger partial charge in [-0.25, -0.2) is 9.69 Å². The van der Waals surface area contributed by atoms with Crippen LogP contribution in [0.15, 0.2) is 40.1 Å².